The summed E-state index contributed by atoms with van der Waals surface area (Å²) in [6.45, 7) is 4.86. The molecule has 11 heavy (non-hydrogen) atoms. The molecule has 2 saturated heterocycles. The molecular weight excluding hydrogens is 156 g/mol. The minimum atomic E-state index is 0.815. The van der Waals surface area contributed by atoms with Crippen molar-refractivity contribution in [3.8, 4) is 0 Å². The predicted molar refractivity (Wildman–Crippen MR) is 49.8 cm³/mol. The molecule has 2 rings (SSSR count). The molecule has 64 valence electrons. The van der Waals surface area contributed by atoms with Crippen LogP contribution < -0.4 is 0 Å². The van der Waals surface area contributed by atoms with Crippen molar-refractivity contribution in [3.63, 3.8) is 0 Å². The molecule has 1 unspecified atom stereocenters. The molecule has 1 atom stereocenters. The van der Waals surface area contributed by atoms with E-state index in [0.29, 0.717) is 0 Å². The second-order valence-electron chi connectivity index (χ2n) is 3.60. The molecule has 0 saturated carbocycles. The topological polar surface area (TPSA) is 6.48 Å². The lowest BCUT2D eigenvalue weighted by molar-refractivity contribution is 0.0903. The molecule has 0 N–H and O–H groups in total. The van der Waals surface area contributed by atoms with Crippen molar-refractivity contribution in [2.45, 2.75) is 25.3 Å². The van der Waals surface area contributed by atoms with E-state index in [1.54, 1.807) is 0 Å². The number of fused-ring (bicyclic) bond motifs is 1. The number of rotatable bonds is 0. The SMILES string of the molecule is SN1CCN2CCCCC2C1. The lowest BCUT2D eigenvalue weighted by Gasteiger charge is -2.42. The fourth-order valence-electron chi connectivity index (χ4n) is 2.14. The van der Waals surface area contributed by atoms with Crippen molar-refractivity contribution in [1.82, 2.24) is 9.21 Å². The van der Waals surface area contributed by atoms with E-state index in [4.69, 9.17) is 0 Å². The van der Waals surface area contributed by atoms with Gasteiger partial charge in [0.05, 0.1) is 0 Å². The Balaban J connectivity index is 1.93. The summed E-state index contributed by atoms with van der Waals surface area (Å²) in [6.07, 6.45) is 4.21. The lowest BCUT2D eigenvalue weighted by Crippen LogP contribution is -2.52. The first-order valence-corrected chi connectivity index (χ1v) is 4.94. The average molecular weight is 172 g/mol. The molecule has 2 aliphatic heterocycles. The van der Waals surface area contributed by atoms with Crippen LogP contribution >= 0.6 is 12.8 Å². The van der Waals surface area contributed by atoms with Gasteiger partial charge in [0, 0.05) is 25.7 Å². The fourth-order valence-corrected chi connectivity index (χ4v) is 2.42. The number of hydrogen-bond acceptors (Lipinski definition) is 3. The maximum atomic E-state index is 4.38. The number of hydrogen-bond donors (Lipinski definition) is 1. The van der Waals surface area contributed by atoms with Crippen LogP contribution in [0.1, 0.15) is 19.3 Å². The molecule has 0 aromatic heterocycles. The standard InChI is InChI=1S/C8H16N2S/c11-10-6-5-9-4-2-1-3-8(9)7-10/h8,11H,1-7H2. The van der Waals surface area contributed by atoms with E-state index < -0.39 is 0 Å². The molecule has 2 nitrogen and oxygen atoms in total. The Morgan fingerprint density at radius 3 is 2.91 bits per heavy atom. The van der Waals surface area contributed by atoms with Crippen LogP contribution in [-0.2, 0) is 0 Å². The highest BCUT2D eigenvalue weighted by molar-refractivity contribution is 7.77. The highest BCUT2D eigenvalue weighted by atomic mass is 32.1. The summed E-state index contributed by atoms with van der Waals surface area (Å²) < 4.78 is 2.16. The zero-order valence-corrected chi connectivity index (χ0v) is 7.76. The molecule has 0 spiro atoms. The molecule has 0 aromatic carbocycles. The summed E-state index contributed by atoms with van der Waals surface area (Å²) in [6, 6.07) is 0.815. The van der Waals surface area contributed by atoms with Gasteiger partial charge in [-0.05, 0) is 19.4 Å². The van der Waals surface area contributed by atoms with Gasteiger partial charge in [-0.25, -0.2) is 0 Å². The van der Waals surface area contributed by atoms with E-state index in [0.717, 1.165) is 12.6 Å². The van der Waals surface area contributed by atoms with Crippen LogP contribution in [-0.4, -0.2) is 41.4 Å². The maximum absolute atomic E-state index is 4.38. The van der Waals surface area contributed by atoms with E-state index in [-0.39, 0.29) is 0 Å². The van der Waals surface area contributed by atoms with Gasteiger partial charge in [-0.15, -0.1) is 0 Å². The van der Waals surface area contributed by atoms with Crippen molar-refractivity contribution in [3.05, 3.63) is 0 Å². The number of piperidine rings is 1. The maximum Gasteiger partial charge on any atom is 0.0244 e. The summed E-state index contributed by atoms with van der Waals surface area (Å²) >= 11 is 4.38. The molecular formula is C8H16N2S. The number of piperazine rings is 1. The predicted octanol–water partition coefficient (Wildman–Crippen LogP) is 1.00. The largest absolute Gasteiger partial charge is 0.298 e. The first-order valence-electron chi connectivity index (χ1n) is 4.54. The lowest BCUT2D eigenvalue weighted by atomic mass is 10.0. The molecule has 0 aromatic rings. The normalized spacial score (nSPS) is 35.2. The zero-order chi connectivity index (χ0) is 7.68. The van der Waals surface area contributed by atoms with E-state index in [2.05, 4.69) is 22.0 Å². The Hall–Kier alpha value is 0.270. The summed E-state index contributed by atoms with van der Waals surface area (Å²) in [5.74, 6) is 0. The molecule has 0 amide bonds. The van der Waals surface area contributed by atoms with Gasteiger partial charge < -0.3 is 0 Å². The smallest absolute Gasteiger partial charge is 0.0244 e. The van der Waals surface area contributed by atoms with Crippen molar-refractivity contribution < 1.29 is 0 Å². The van der Waals surface area contributed by atoms with Crippen LogP contribution in [0.3, 0.4) is 0 Å². The summed E-state index contributed by atoms with van der Waals surface area (Å²) in [5.41, 5.74) is 0. The van der Waals surface area contributed by atoms with Gasteiger partial charge in [-0.3, -0.25) is 9.21 Å². The number of nitrogens with zero attached hydrogens (tertiary/aromatic N) is 2. The van der Waals surface area contributed by atoms with Crippen molar-refractivity contribution >= 4 is 12.8 Å². The van der Waals surface area contributed by atoms with E-state index in [1.165, 1.54) is 38.9 Å². The van der Waals surface area contributed by atoms with Gasteiger partial charge in [-0.2, -0.15) is 0 Å². The van der Waals surface area contributed by atoms with Gasteiger partial charge in [0.1, 0.15) is 0 Å². The molecule has 2 aliphatic rings. The van der Waals surface area contributed by atoms with Crippen LogP contribution in [0.4, 0.5) is 0 Å². The van der Waals surface area contributed by atoms with E-state index in [9.17, 15) is 0 Å². The third-order valence-electron chi connectivity index (χ3n) is 2.82. The summed E-state index contributed by atoms with van der Waals surface area (Å²) in [4.78, 5) is 2.62. The minimum absolute atomic E-state index is 0.815. The van der Waals surface area contributed by atoms with Gasteiger partial charge in [0.2, 0.25) is 0 Å². The van der Waals surface area contributed by atoms with Crippen molar-refractivity contribution in [1.29, 1.82) is 0 Å². The monoisotopic (exact) mass is 172 g/mol. The summed E-state index contributed by atoms with van der Waals surface area (Å²) in [5, 5.41) is 0. The van der Waals surface area contributed by atoms with E-state index >= 15 is 0 Å². The van der Waals surface area contributed by atoms with E-state index in [1.807, 2.05) is 0 Å². The second kappa shape index (κ2) is 3.33. The van der Waals surface area contributed by atoms with Crippen LogP contribution in [0.5, 0.6) is 0 Å². The van der Waals surface area contributed by atoms with Gasteiger partial charge >= 0.3 is 0 Å². The van der Waals surface area contributed by atoms with Gasteiger partial charge in [-0.1, -0.05) is 19.2 Å². The Bertz CT molecular complexity index is 140. The minimum Gasteiger partial charge on any atom is -0.298 e. The zero-order valence-electron chi connectivity index (χ0n) is 6.87. The third kappa shape index (κ3) is 1.71. The second-order valence-corrected chi connectivity index (χ2v) is 4.16. The van der Waals surface area contributed by atoms with Crippen LogP contribution in [0.2, 0.25) is 0 Å². The third-order valence-corrected chi connectivity index (χ3v) is 3.18. The molecule has 0 bridgehead atoms. The Kier molecular flexibility index (Phi) is 2.39. The highest BCUT2D eigenvalue weighted by Crippen LogP contribution is 2.21. The first kappa shape index (κ1) is 7.90. The molecule has 0 aliphatic carbocycles. The van der Waals surface area contributed by atoms with Crippen LogP contribution in [0, 0.1) is 0 Å². The van der Waals surface area contributed by atoms with Gasteiger partial charge in [0.25, 0.3) is 0 Å². The highest BCUT2D eigenvalue weighted by Gasteiger charge is 2.27. The Labute approximate surface area is 74.1 Å². The first-order chi connectivity index (χ1) is 5.36. The molecule has 3 heteroatoms. The Morgan fingerprint density at radius 1 is 1.09 bits per heavy atom. The summed E-state index contributed by atoms with van der Waals surface area (Å²) in [7, 11) is 0. The number of thiol groups is 1. The Morgan fingerprint density at radius 2 is 2.00 bits per heavy atom. The average Bonchev–Trinajstić information content (AvgIpc) is 2.04. The van der Waals surface area contributed by atoms with Crippen molar-refractivity contribution in [2.24, 2.45) is 0 Å². The van der Waals surface area contributed by atoms with Crippen molar-refractivity contribution in [2.75, 3.05) is 26.2 Å². The van der Waals surface area contributed by atoms with Crippen LogP contribution in [0.15, 0.2) is 0 Å². The van der Waals surface area contributed by atoms with Crippen LogP contribution in [0.25, 0.3) is 0 Å². The molecule has 2 heterocycles. The molecule has 0 radical (unpaired) electrons. The quantitative estimate of drug-likeness (QED) is 0.545. The molecule has 2 fully saturated rings. The van der Waals surface area contributed by atoms with Gasteiger partial charge in [0.15, 0.2) is 0 Å². The fraction of sp³-hybridized carbons (Fsp3) is 1.00.